The summed E-state index contributed by atoms with van der Waals surface area (Å²) in [7, 11) is 1.53. The van der Waals surface area contributed by atoms with Crippen molar-refractivity contribution in [3.8, 4) is 0 Å². The second-order valence-corrected chi connectivity index (χ2v) is 9.54. The van der Waals surface area contributed by atoms with Gasteiger partial charge in [-0.2, -0.15) is 10.2 Å². The first-order chi connectivity index (χ1) is 16.9. The van der Waals surface area contributed by atoms with Gasteiger partial charge in [-0.3, -0.25) is 19.7 Å². The lowest BCUT2D eigenvalue weighted by molar-refractivity contribution is -0.384. The van der Waals surface area contributed by atoms with Crippen LogP contribution in [-0.4, -0.2) is 70.3 Å². The first-order valence-electron chi connectivity index (χ1n) is 11.8. The summed E-state index contributed by atoms with van der Waals surface area (Å²) in [6, 6.07) is 5.90. The summed E-state index contributed by atoms with van der Waals surface area (Å²) in [5.74, 6) is -3.02. The summed E-state index contributed by atoms with van der Waals surface area (Å²) in [6.45, 7) is 5.85. The number of cyclic esters (lactones) is 1. The molecule has 1 heterocycles. The van der Waals surface area contributed by atoms with E-state index < -0.39 is 41.0 Å². The van der Waals surface area contributed by atoms with E-state index in [2.05, 4.69) is 10.2 Å². The van der Waals surface area contributed by atoms with Gasteiger partial charge in [0.2, 0.25) is 0 Å². The second kappa shape index (κ2) is 12.8. The molecule has 0 bridgehead atoms. The Bertz CT molecular complexity index is 1010. The third-order valence-corrected chi connectivity index (χ3v) is 6.55. The number of hydrogen-bond acceptors (Lipinski definition) is 10. The van der Waals surface area contributed by atoms with E-state index in [-0.39, 0.29) is 29.9 Å². The lowest BCUT2D eigenvalue weighted by atomic mass is 9.80. The number of non-ortho nitro benzene ring substituents is 1. The van der Waals surface area contributed by atoms with E-state index in [1.807, 2.05) is 6.92 Å². The Morgan fingerprint density at radius 3 is 2.61 bits per heavy atom. The van der Waals surface area contributed by atoms with E-state index >= 15 is 0 Å². The van der Waals surface area contributed by atoms with E-state index in [0.29, 0.717) is 24.1 Å². The van der Waals surface area contributed by atoms with Crippen molar-refractivity contribution in [1.82, 2.24) is 0 Å². The Labute approximate surface area is 210 Å². The number of rotatable bonds is 4. The molecule has 1 aromatic rings. The molecule has 0 radical (unpaired) electrons. The van der Waals surface area contributed by atoms with Crippen molar-refractivity contribution in [1.29, 1.82) is 0 Å². The summed E-state index contributed by atoms with van der Waals surface area (Å²) in [4.78, 5) is 35.3. The zero-order valence-corrected chi connectivity index (χ0v) is 21.3. The van der Waals surface area contributed by atoms with Gasteiger partial charge in [0.25, 0.3) is 5.69 Å². The number of nitro groups is 1. The standard InChI is InChI=1S/C25H35N3O8/c1-15-11-20(35-5)9-10-21(29)16(2)24(31)36-14-25(4,32)23(30)17(3)22(15)27-26-13-18-7-6-8-19(12-18)28(33)34/h6-8,12-13,15-17,20,23,30,32H,9-11,14H2,1-5H3/b26-13+,27-22+/t15-,16?,17?,20?,23?,25?/m1/s1. The van der Waals surface area contributed by atoms with Crippen molar-refractivity contribution in [3.05, 3.63) is 39.9 Å². The zero-order valence-electron chi connectivity index (χ0n) is 21.3. The SMILES string of the molecule is COC1CCC(=O)C(C)C(=O)OCC(C)(O)C(O)C(C)/C(=N/N=C/c2cccc([N+](=O)[O-])c2)[C@H](C)C1. The third-order valence-electron chi connectivity index (χ3n) is 6.55. The Balaban J connectivity index is 2.42. The molecule has 2 N–H and O–H groups in total. The fourth-order valence-electron chi connectivity index (χ4n) is 4.15. The largest absolute Gasteiger partial charge is 0.462 e. The highest BCUT2D eigenvalue weighted by atomic mass is 16.6. The number of aliphatic hydroxyl groups excluding tert-OH is 1. The third kappa shape index (κ3) is 7.74. The van der Waals surface area contributed by atoms with Gasteiger partial charge in [-0.1, -0.05) is 26.0 Å². The number of aliphatic hydroxyl groups is 2. The maximum Gasteiger partial charge on any atom is 0.316 e. The molecule has 11 heteroatoms. The molecule has 1 fully saturated rings. The quantitative estimate of drug-likeness (QED) is 0.208. The maximum atomic E-state index is 12.5. The van der Waals surface area contributed by atoms with E-state index in [1.54, 1.807) is 13.0 Å². The van der Waals surface area contributed by atoms with Gasteiger partial charge in [0.1, 0.15) is 23.9 Å². The Hall–Kier alpha value is -3.02. The van der Waals surface area contributed by atoms with Crippen molar-refractivity contribution >= 4 is 29.4 Å². The highest BCUT2D eigenvalue weighted by molar-refractivity contribution is 5.98. The predicted octanol–water partition coefficient (Wildman–Crippen LogP) is 2.70. The number of carbonyl (C=O) groups excluding carboxylic acids is 2. The van der Waals surface area contributed by atoms with Gasteiger partial charge in [-0.15, -0.1) is 0 Å². The zero-order chi connectivity index (χ0) is 27.0. The summed E-state index contributed by atoms with van der Waals surface area (Å²) in [5, 5.41) is 41.3. The molecule has 198 valence electrons. The van der Waals surface area contributed by atoms with Crippen molar-refractivity contribution in [2.45, 2.75) is 64.8 Å². The van der Waals surface area contributed by atoms with Crippen LogP contribution in [-0.2, 0) is 19.1 Å². The van der Waals surface area contributed by atoms with Gasteiger partial charge < -0.3 is 19.7 Å². The number of hydrogen-bond donors (Lipinski definition) is 2. The maximum absolute atomic E-state index is 12.5. The number of Topliss-reactive ketones (excluding diaryl/α,β-unsaturated/α-hetero) is 1. The van der Waals surface area contributed by atoms with Crippen LogP contribution in [0.4, 0.5) is 5.69 Å². The van der Waals surface area contributed by atoms with Crippen LogP contribution in [0.15, 0.2) is 34.5 Å². The molecule has 0 aromatic heterocycles. The fraction of sp³-hybridized carbons (Fsp3) is 0.600. The minimum absolute atomic E-state index is 0.0841. The van der Waals surface area contributed by atoms with Crippen molar-refractivity contribution in [2.24, 2.45) is 28.0 Å². The molecule has 0 aliphatic carbocycles. The number of nitrogens with zero attached hydrogens (tertiary/aromatic N) is 3. The van der Waals surface area contributed by atoms with E-state index in [9.17, 15) is 29.9 Å². The van der Waals surface area contributed by atoms with Crippen LogP contribution in [0.3, 0.4) is 0 Å². The minimum atomic E-state index is -1.83. The second-order valence-electron chi connectivity index (χ2n) is 9.54. The summed E-state index contributed by atoms with van der Waals surface area (Å²) >= 11 is 0. The first kappa shape index (κ1) is 29.2. The van der Waals surface area contributed by atoms with E-state index in [4.69, 9.17) is 9.47 Å². The molecule has 6 atom stereocenters. The molecule has 11 nitrogen and oxygen atoms in total. The average molecular weight is 506 g/mol. The van der Waals surface area contributed by atoms with Crippen molar-refractivity contribution < 1.29 is 34.2 Å². The van der Waals surface area contributed by atoms with Crippen LogP contribution >= 0.6 is 0 Å². The van der Waals surface area contributed by atoms with Gasteiger partial charge in [-0.25, -0.2) is 0 Å². The van der Waals surface area contributed by atoms with Crippen LogP contribution < -0.4 is 0 Å². The fourth-order valence-corrected chi connectivity index (χ4v) is 4.15. The number of ketones is 1. The molecule has 1 aliphatic heterocycles. The highest BCUT2D eigenvalue weighted by Gasteiger charge is 2.40. The highest BCUT2D eigenvalue weighted by Crippen LogP contribution is 2.27. The molecule has 5 unspecified atom stereocenters. The van der Waals surface area contributed by atoms with E-state index in [1.165, 1.54) is 45.4 Å². The normalized spacial score (nSPS) is 32.3. The Morgan fingerprint density at radius 2 is 1.97 bits per heavy atom. The summed E-state index contributed by atoms with van der Waals surface area (Å²) < 4.78 is 10.7. The smallest absolute Gasteiger partial charge is 0.316 e. The Kier molecular flexibility index (Phi) is 10.4. The van der Waals surface area contributed by atoms with Gasteiger partial charge in [0.05, 0.1) is 23.3 Å². The topological polar surface area (TPSA) is 161 Å². The first-order valence-corrected chi connectivity index (χ1v) is 11.8. The lowest BCUT2D eigenvalue weighted by Crippen LogP contribution is -2.50. The van der Waals surface area contributed by atoms with Gasteiger partial charge in [-0.05, 0) is 32.6 Å². The molecular formula is C25H35N3O8. The number of benzene rings is 1. The number of ether oxygens (including phenoxy) is 2. The van der Waals surface area contributed by atoms with Crippen LogP contribution in [0.25, 0.3) is 0 Å². The van der Waals surface area contributed by atoms with Crippen molar-refractivity contribution in [2.75, 3.05) is 13.7 Å². The van der Waals surface area contributed by atoms with Crippen molar-refractivity contribution in [3.63, 3.8) is 0 Å². The molecule has 36 heavy (non-hydrogen) atoms. The van der Waals surface area contributed by atoms with Crippen LogP contribution in [0.5, 0.6) is 0 Å². The number of carbonyl (C=O) groups is 2. The minimum Gasteiger partial charge on any atom is -0.462 e. The predicted molar refractivity (Wildman–Crippen MR) is 133 cm³/mol. The molecular weight excluding hydrogens is 470 g/mol. The molecule has 0 saturated carbocycles. The van der Waals surface area contributed by atoms with Crippen LogP contribution in [0.2, 0.25) is 0 Å². The molecule has 0 amide bonds. The Morgan fingerprint density at radius 1 is 1.28 bits per heavy atom. The molecule has 1 aromatic carbocycles. The van der Waals surface area contributed by atoms with Crippen LogP contribution in [0.1, 0.15) is 52.5 Å². The summed E-state index contributed by atoms with van der Waals surface area (Å²) in [6.07, 6.45) is 0.613. The molecule has 2 rings (SSSR count). The molecule has 1 aliphatic rings. The van der Waals surface area contributed by atoms with E-state index in [0.717, 1.165) is 0 Å². The number of esters is 1. The molecule has 1 saturated heterocycles. The van der Waals surface area contributed by atoms with Gasteiger partial charge in [0.15, 0.2) is 0 Å². The number of nitro benzene ring substituents is 1. The number of methoxy groups -OCH3 is 1. The lowest BCUT2D eigenvalue weighted by Gasteiger charge is -2.35. The molecule has 0 spiro atoms. The monoisotopic (exact) mass is 505 g/mol. The summed E-state index contributed by atoms with van der Waals surface area (Å²) in [5.41, 5.74) is -0.988. The van der Waals surface area contributed by atoms with Gasteiger partial charge in [0, 0.05) is 42.9 Å². The van der Waals surface area contributed by atoms with Gasteiger partial charge >= 0.3 is 5.97 Å². The van der Waals surface area contributed by atoms with Crippen LogP contribution in [0, 0.1) is 27.9 Å². The average Bonchev–Trinajstić information content (AvgIpc) is 2.85.